The Balaban J connectivity index is 1.76. The van der Waals surface area contributed by atoms with Crippen molar-refractivity contribution in [1.82, 2.24) is 15.3 Å². The number of thiazole rings is 2. The van der Waals surface area contributed by atoms with Gasteiger partial charge in [0.15, 0.2) is 0 Å². The predicted molar refractivity (Wildman–Crippen MR) is 69.1 cm³/mol. The Hall–Kier alpha value is -0.780. The molecule has 86 valence electrons. The molecule has 0 radical (unpaired) electrons. The predicted octanol–water partition coefficient (Wildman–Crippen LogP) is 2.80. The number of nitrogens with zero attached hydrogens (tertiary/aromatic N) is 2. The molecule has 1 unspecified atom stereocenters. The summed E-state index contributed by atoms with van der Waals surface area (Å²) >= 11 is 3.43. The Labute approximate surface area is 104 Å². The molecule has 5 heteroatoms. The van der Waals surface area contributed by atoms with E-state index >= 15 is 0 Å². The van der Waals surface area contributed by atoms with Gasteiger partial charge in [-0.15, -0.1) is 22.7 Å². The minimum absolute atomic E-state index is 0.473. The SMILES string of the molecule is Cc1csc(CNCC(C)c2nccs2)n1. The lowest BCUT2D eigenvalue weighted by Gasteiger charge is -2.08. The van der Waals surface area contributed by atoms with E-state index in [1.165, 1.54) is 5.01 Å². The van der Waals surface area contributed by atoms with E-state index in [4.69, 9.17) is 0 Å². The largest absolute Gasteiger partial charge is 0.310 e. The molecule has 0 fully saturated rings. The van der Waals surface area contributed by atoms with Crippen LogP contribution in [0.2, 0.25) is 0 Å². The number of rotatable bonds is 5. The lowest BCUT2D eigenvalue weighted by molar-refractivity contribution is 0.611. The van der Waals surface area contributed by atoms with E-state index in [1.807, 2.05) is 18.5 Å². The van der Waals surface area contributed by atoms with Crippen LogP contribution in [0.4, 0.5) is 0 Å². The maximum absolute atomic E-state index is 4.41. The van der Waals surface area contributed by atoms with Gasteiger partial charge in [-0.2, -0.15) is 0 Å². The molecule has 0 aliphatic rings. The monoisotopic (exact) mass is 253 g/mol. The van der Waals surface area contributed by atoms with Gasteiger partial charge in [-0.25, -0.2) is 9.97 Å². The molecule has 0 aromatic carbocycles. The molecular formula is C11H15N3S2. The van der Waals surface area contributed by atoms with Crippen LogP contribution in [0.25, 0.3) is 0 Å². The van der Waals surface area contributed by atoms with Gasteiger partial charge in [0.1, 0.15) is 5.01 Å². The fourth-order valence-corrected chi connectivity index (χ4v) is 2.88. The molecule has 0 amide bonds. The summed E-state index contributed by atoms with van der Waals surface area (Å²) in [6.45, 7) is 6.03. The molecule has 16 heavy (non-hydrogen) atoms. The highest BCUT2D eigenvalue weighted by Gasteiger charge is 2.07. The summed E-state index contributed by atoms with van der Waals surface area (Å²) in [6, 6.07) is 0. The van der Waals surface area contributed by atoms with Crippen LogP contribution < -0.4 is 5.32 Å². The molecule has 0 saturated carbocycles. The van der Waals surface area contributed by atoms with Gasteiger partial charge >= 0.3 is 0 Å². The highest BCUT2D eigenvalue weighted by atomic mass is 32.1. The van der Waals surface area contributed by atoms with Crippen molar-refractivity contribution in [2.75, 3.05) is 6.54 Å². The van der Waals surface area contributed by atoms with Crippen molar-refractivity contribution in [3.63, 3.8) is 0 Å². The second kappa shape index (κ2) is 5.52. The summed E-state index contributed by atoms with van der Waals surface area (Å²) in [5, 5.41) is 9.88. The third-order valence-electron chi connectivity index (χ3n) is 2.27. The summed E-state index contributed by atoms with van der Waals surface area (Å²) in [6.07, 6.45) is 1.86. The van der Waals surface area contributed by atoms with Crippen molar-refractivity contribution in [2.24, 2.45) is 0 Å². The molecule has 0 spiro atoms. The molecular weight excluding hydrogens is 238 g/mol. The van der Waals surface area contributed by atoms with E-state index in [1.54, 1.807) is 22.7 Å². The normalized spacial score (nSPS) is 12.9. The highest BCUT2D eigenvalue weighted by Crippen LogP contribution is 2.16. The Kier molecular flexibility index (Phi) is 4.04. The minimum Gasteiger partial charge on any atom is -0.310 e. The van der Waals surface area contributed by atoms with Gasteiger partial charge in [0.2, 0.25) is 0 Å². The second-order valence-corrected chi connectivity index (χ2v) is 5.65. The van der Waals surface area contributed by atoms with Crippen LogP contribution >= 0.6 is 22.7 Å². The van der Waals surface area contributed by atoms with Crippen molar-refractivity contribution < 1.29 is 0 Å². The smallest absolute Gasteiger partial charge is 0.107 e. The Bertz CT molecular complexity index is 422. The third kappa shape index (κ3) is 3.10. The van der Waals surface area contributed by atoms with Gasteiger partial charge in [0, 0.05) is 41.7 Å². The minimum atomic E-state index is 0.473. The Morgan fingerprint density at radius 2 is 2.31 bits per heavy atom. The van der Waals surface area contributed by atoms with Gasteiger partial charge in [0.25, 0.3) is 0 Å². The molecule has 0 bridgehead atoms. The molecule has 0 aliphatic heterocycles. The van der Waals surface area contributed by atoms with Gasteiger partial charge in [0.05, 0.1) is 5.01 Å². The standard InChI is InChI=1S/C11H15N3S2/c1-8(11-13-3-4-15-11)5-12-6-10-14-9(2)7-16-10/h3-4,7-8,12H,5-6H2,1-2H3. The molecule has 2 aromatic rings. The first-order valence-electron chi connectivity index (χ1n) is 5.27. The van der Waals surface area contributed by atoms with Crippen LogP contribution in [-0.4, -0.2) is 16.5 Å². The first-order valence-corrected chi connectivity index (χ1v) is 7.02. The van der Waals surface area contributed by atoms with Crippen molar-refractivity contribution in [3.05, 3.63) is 32.7 Å². The van der Waals surface area contributed by atoms with Crippen molar-refractivity contribution in [2.45, 2.75) is 26.3 Å². The summed E-state index contributed by atoms with van der Waals surface area (Å²) in [4.78, 5) is 8.72. The van der Waals surface area contributed by atoms with Crippen molar-refractivity contribution in [3.8, 4) is 0 Å². The first-order chi connectivity index (χ1) is 7.75. The molecule has 1 atom stereocenters. The highest BCUT2D eigenvalue weighted by molar-refractivity contribution is 7.09. The van der Waals surface area contributed by atoms with Gasteiger partial charge < -0.3 is 5.32 Å². The molecule has 3 nitrogen and oxygen atoms in total. The van der Waals surface area contributed by atoms with E-state index in [2.05, 4.69) is 27.6 Å². The Morgan fingerprint density at radius 3 is 2.94 bits per heavy atom. The van der Waals surface area contributed by atoms with E-state index in [9.17, 15) is 0 Å². The van der Waals surface area contributed by atoms with Crippen LogP contribution in [-0.2, 0) is 6.54 Å². The first kappa shape index (κ1) is 11.7. The quantitative estimate of drug-likeness (QED) is 0.890. The number of hydrogen-bond donors (Lipinski definition) is 1. The Morgan fingerprint density at radius 1 is 1.44 bits per heavy atom. The maximum atomic E-state index is 4.41. The number of aromatic nitrogens is 2. The lowest BCUT2D eigenvalue weighted by Crippen LogP contribution is -2.19. The molecule has 0 aliphatic carbocycles. The maximum Gasteiger partial charge on any atom is 0.107 e. The molecule has 2 aromatic heterocycles. The summed E-state index contributed by atoms with van der Waals surface area (Å²) in [7, 11) is 0. The average molecular weight is 253 g/mol. The van der Waals surface area contributed by atoms with E-state index in [0.29, 0.717) is 5.92 Å². The molecule has 2 heterocycles. The zero-order valence-corrected chi connectivity index (χ0v) is 11.1. The third-order valence-corrected chi connectivity index (χ3v) is 4.24. The summed E-state index contributed by atoms with van der Waals surface area (Å²) in [5.74, 6) is 0.473. The molecule has 1 N–H and O–H groups in total. The topological polar surface area (TPSA) is 37.8 Å². The van der Waals surface area contributed by atoms with Gasteiger partial charge in [-0.3, -0.25) is 0 Å². The van der Waals surface area contributed by atoms with Crippen LogP contribution in [0.15, 0.2) is 17.0 Å². The second-order valence-electron chi connectivity index (χ2n) is 3.78. The lowest BCUT2D eigenvalue weighted by atomic mass is 10.2. The summed E-state index contributed by atoms with van der Waals surface area (Å²) < 4.78 is 0. The van der Waals surface area contributed by atoms with Gasteiger partial charge in [-0.1, -0.05) is 6.92 Å². The number of aryl methyl sites for hydroxylation is 1. The van der Waals surface area contributed by atoms with E-state index in [0.717, 1.165) is 23.8 Å². The van der Waals surface area contributed by atoms with Crippen LogP contribution in [0.5, 0.6) is 0 Å². The molecule has 0 saturated heterocycles. The summed E-state index contributed by atoms with van der Waals surface area (Å²) in [5.41, 5.74) is 1.11. The molecule has 2 rings (SSSR count). The van der Waals surface area contributed by atoms with E-state index in [-0.39, 0.29) is 0 Å². The fraction of sp³-hybridized carbons (Fsp3) is 0.455. The fourth-order valence-electron chi connectivity index (χ4n) is 1.44. The van der Waals surface area contributed by atoms with Crippen molar-refractivity contribution >= 4 is 22.7 Å². The van der Waals surface area contributed by atoms with Crippen LogP contribution in [0.3, 0.4) is 0 Å². The van der Waals surface area contributed by atoms with Crippen LogP contribution in [0.1, 0.15) is 28.6 Å². The van der Waals surface area contributed by atoms with E-state index < -0.39 is 0 Å². The van der Waals surface area contributed by atoms with Crippen molar-refractivity contribution in [1.29, 1.82) is 0 Å². The van der Waals surface area contributed by atoms with Gasteiger partial charge in [-0.05, 0) is 6.92 Å². The van der Waals surface area contributed by atoms with Crippen LogP contribution in [0, 0.1) is 6.92 Å². The zero-order valence-electron chi connectivity index (χ0n) is 9.43. The zero-order chi connectivity index (χ0) is 11.4. The average Bonchev–Trinajstić information content (AvgIpc) is 2.89. The number of nitrogens with one attached hydrogen (secondary N) is 1. The number of hydrogen-bond acceptors (Lipinski definition) is 5.